The Morgan fingerprint density at radius 2 is 0.640 bits per heavy atom. The molecule has 464 valence electrons. The molecule has 0 saturated carbocycles. The zero-order valence-electron chi connectivity index (χ0n) is 58.4. The SMILES string of the molecule is CCc1cc[n+](C)c(-c2ccccc2C)c1.Cc1ccccc1-c1cc(C(C)C)cc[n+]1C.Cc1ccccc1-c1cc(CC(C)(C)C)cc[n+]1C.Cc1ccccc1-c1cc(CC(C)C)cc[n+]1C.Cc1ccccc1-c1ccc(CC(C)(C)C)c[n+]1C. The van der Waals surface area contributed by atoms with Crippen LogP contribution in [0.1, 0.15) is 138 Å². The highest BCUT2D eigenvalue weighted by molar-refractivity contribution is 5.64. The van der Waals surface area contributed by atoms with E-state index in [2.05, 4.69) is 382 Å². The van der Waals surface area contributed by atoms with Gasteiger partial charge in [-0.25, -0.2) is 22.8 Å². The van der Waals surface area contributed by atoms with E-state index >= 15 is 0 Å². The van der Waals surface area contributed by atoms with E-state index in [-0.39, 0.29) is 0 Å². The zero-order chi connectivity index (χ0) is 65.2. The first kappa shape index (κ1) is 69.9. The van der Waals surface area contributed by atoms with Crippen molar-refractivity contribution in [2.45, 2.75) is 142 Å². The number of pyridine rings is 5. The minimum atomic E-state index is 0.322. The van der Waals surface area contributed by atoms with E-state index < -0.39 is 0 Å². The van der Waals surface area contributed by atoms with Crippen molar-refractivity contribution in [3.63, 3.8) is 0 Å². The molecule has 89 heavy (non-hydrogen) atoms. The van der Waals surface area contributed by atoms with Crippen molar-refractivity contribution in [3.8, 4) is 56.3 Å². The molecule has 0 amide bonds. The molecular formula is C84H108N5+5. The molecular weight excluding hydrogens is 1080 g/mol. The average Bonchev–Trinajstić information content (AvgIpc) is 3.63. The van der Waals surface area contributed by atoms with Crippen molar-refractivity contribution in [3.05, 3.63) is 269 Å². The Morgan fingerprint density at radius 1 is 0.326 bits per heavy atom. The predicted molar refractivity (Wildman–Crippen MR) is 377 cm³/mol. The first-order chi connectivity index (χ1) is 42.1. The van der Waals surface area contributed by atoms with Crippen LogP contribution in [0.25, 0.3) is 56.3 Å². The number of nitrogens with zero attached hydrogens (tertiary/aromatic N) is 5. The second-order valence-electron chi connectivity index (χ2n) is 27.7. The van der Waals surface area contributed by atoms with Gasteiger partial charge in [0, 0.05) is 88.0 Å². The van der Waals surface area contributed by atoms with Crippen LogP contribution >= 0.6 is 0 Å². The lowest BCUT2D eigenvalue weighted by atomic mass is 9.88. The molecule has 0 atom stereocenters. The van der Waals surface area contributed by atoms with Gasteiger partial charge in [0.15, 0.2) is 31.0 Å². The first-order valence-electron chi connectivity index (χ1n) is 32.4. The summed E-state index contributed by atoms with van der Waals surface area (Å²) in [5, 5.41) is 0. The molecule has 0 radical (unpaired) electrons. The maximum Gasteiger partial charge on any atom is 0.212 e. The van der Waals surface area contributed by atoms with Crippen molar-refractivity contribution >= 4 is 0 Å². The van der Waals surface area contributed by atoms with Crippen LogP contribution in [0.4, 0.5) is 0 Å². The topological polar surface area (TPSA) is 19.4 Å². The van der Waals surface area contributed by atoms with Gasteiger partial charge in [0.25, 0.3) is 0 Å². The normalized spacial score (nSPS) is 11.1. The Balaban J connectivity index is 0.000000178. The Hall–Kier alpha value is -8.15. The lowest BCUT2D eigenvalue weighted by molar-refractivity contribution is -0.660. The van der Waals surface area contributed by atoms with Gasteiger partial charge in [-0.2, -0.15) is 0 Å². The van der Waals surface area contributed by atoms with Crippen molar-refractivity contribution in [2.24, 2.45) is 52.0 Å². The van der Waals surface area contributed by atoms with E-state index in [4.69, 9.17) is 0 Å². The number of benzene rings is 5. The quantitative estimate of drug-likeness (QED) is 0.115. The minimum absolute atomic E-state index is 0.322. The van der Waals surface area contributed by atoms with Gasteiger partial charge < -0.3 is 0 Å². The lowest BCUT2D eigenvalue weighted by Gasteiger charge is -2.18. The van der Waals surface area contributed by atoms with E-state index in [0.717, 1.165) is 25.7 Å². The molecule has 10 aromatic rings. The first-order valence-corrected chi connectivity index (χ1v) is 32.4. The van der Waals surface area contributed by atoms with Crippen molar-refractivity contribution in [2.75, 3.05) is 0 Å². The molecule has 0 spiro atoms. The molecule has 5 nitrogen and oxygen atoms in total. The standard InChI is InChI=1S/2C18H24N.C17H22N.C16H20N.C15H18N/c1-14-8-6-7-9-16(14)17-12-15(10-11-19(17)5)13-18(2,3)4;1-14-8-6-7-9-16(14)17-11-10-15(13-19(17)5)12-18(2,3)4;1-13(2)11-15-9-10-18(4)17(12-15)16-8-6-5-7-14(16)3;1-12(2)14-9-10-17(4)16(11-14)15-8-6-5-7-13(15)3;1-4-13-9-10-16(3)15(11-13)14-8-6-5-7-12(14)2/h6-12H,13H2,1-5H3;6-11,13H,12H2,1-5H3;5-10,12-13H,11H2,1-4H3;5-12H,1-4H3;5-11H,4H2,1-3H3/q5*+1. The molecule has 0 saturated heterocycles. The molecule has 5 aromatic carbocycles. The molecule has 0 unspecified atom stereocenters. The van der Waals surface area contributed by atoms with Crippen LogP contribution in [0.5, 0.6) is 0 Å². The maximum absolute atomic E-state index is 2.33. The third-order valence-electron chi connectivity index (χ3n) is 16.3. The van der Waals surface area contributed by atoms with Crippen LogP contribution in [0.15, 0.2) is 213 Å². The summed E-state index contributed by atoms with van der Waals surface area (Å²) in [4.78, 5) is 0. The number of hydrogen-bond donors (Lipinski definition) is 0. The number of rotatable bonds is 11. The summed E-state index contributed by atoms with van der Waals surface area (Å²) in [7, 11) is 10.6. The summed E-state index contributed by atoms with van der Waals surface area (Å²) in [6.45, 7) is 35.7. The Morgan fingerprint density at radius 3 is 0.989 bits per heavy atom. The van der Waals surface area contributed by atoms with Crippen LogP contribution in [0.3, 0.4) is 0 Å². The summed E-state index contributed by atoms with van der Waals surface area (Å²) in [5.41, 5.74) is 27.3. The van der Waals surface area contributed by atoms with E-state index in [1.165, 1.54) is 112 Å². The van der Waals surface area contributed by atoms with E-state index in [0.29, 0.717) is 22.7 Å². The molecule has 10 rings (SSSR count). The summed E-state index contributed by atoms with van der Waals surface area (Å²) in [6.07, 6.45) is 15.3. The minimum Gasteiger partial charge on any atom is -0.201 e. The zero-order valence-corrected chi connectivity index (χ0v) is 58.4. The summed E-state index contributed by atoms with van der Waals surface area (Å²) < 4.78 is 11.0. The van der Waals surface area contributed by atoms with Crippen LogP contribution in [0, 0.1) is 51.4 Å². The van der Waals surface area contributed by atoms with Gasteiger partial charge >= 0.3 is 0 Å². The van der Waals surface area contributed by atoms with Crippen molar-refractivity contribution < 1.29 is 22.8 Å². The summed E-state index contributed by atoms with van der Waals surface area (Å²) in [5.74, 6) is 1.27. The fourth-order valence-electron chi connectivity index (χ4n) is 11.4. The molecule has 5 heterocycles. The molecule has 5 heteroatoms. The molecule has 0 aliphatic carbocycles. The fraction of sp³-hybridized carbons (Fsp3) is 0.345. The van der Waals surface area contributed by atoms with Gasteiger partial charge in [0.1, 0.15) is 35.2 Å². The summed E-state index contributed by atoms with van der Waals surface area (Å²) in [6, 6.07) is 65.3. The molecule has 0 fully saturated rings. The number of aryl methyl sites for hydroxylation is 11. The summed E-state index contributed by atoms with van der Waals surface area (Å²) >= 11 is 0. The largest absolute Gasteiger partial charge is 0.212 e. The van der Waals surface area contributed by atoms with Crippen LogP contribution < -0.4 is 22.8 Å². The van der Waals surface area contributed by atoms with Gasteiger partial charge in [0.2, 0.25) is 28.5 Å². The van der Waals surface area contributed by atoms with Gasteiger partial charge in [-0.15, -0.1) is 0 Å². The van der Waals surface area contributed by atoms with Crippen molar-refractivity contribution in [1.82, 2.24) is 0 Å². The molecule has 0 N–H and O–H groups in total. The number of hydrogen-bond acceptors (Lipinski definition) is 0. The Labute approximate surface area is 539 Å². The number of aromatic nitrogens is 5. The van der Waals surface area contributed by atoms with Gasteiger partial charge in [-0.3, -0.25) is 0 Å². The maximum atomic E-state index is 2.33. The van der Waals surface area contributed by atoms with E-state index in [1.807, 2.05) is 0 Å². The molecule has 5 aromatic heterocycles. The third-order valence-corrected chi connectivity index (χ3v) is 16.3. The monoisotopic (exact) mass is 1190 g/mol. The highest BCUT2D eigenvalue weighted by atomic mass is 14.9. The Bertz CT molecular complexity index is 3900. The molecule has 0 bridgehead atoms. The smallest absolute Gasteiger partial charge is 0.201 e. The van der Waals surface area contributed by atoms with Gasteiger partial charge in [-0.1, -0.05) is 167 Å². The molecule has 0 aliphatic heterocycles. The van der Waals surface area contributed by atoms with Crippen LogP contribution in [-0.2, 0) is 60.9 Å². The Kier molecular flexibility index (Phi) is 25.4. The fourth-order valence-corrected chi connectivity index (χ4v) is 11.4. The van der Waals surface area contributed by atoms with Crippen LogP contribution in [-0.4, -0.2) is 0 Å². The average molecular weight is 1190 g/mol. The van der Waals surface area contributed by atoms with Crippen LogP contribution in [0.2, 0.25) is 0 Å². The highest BCUT2D eigenvalue weighted by Crippen LogP contribution is 2.28. The van der Waals surface area contributed by atoms with E-state index in [1.54, 1.807) is 0 Å². The second kappa shape index (κ2) is 32.4. The third kappa shape index (κ3) is 21.0. The second-order valence-corrected chi connectivity index (χ2v) is 27.7. The van der Waals surface area contributed by atoms with E-state index in [9.17, 15) is 0 Å². The molecule has 0 aliphatic rings. The van der Waals surface area contributed by atoms with Crippen molar-refractivity contribution in [1.29, 1.82) is 0 Å². The van der Waals surface area contributed by atoms with Gasteiger partial charge in [-0.05, 0) is 169 Å². The predicted octanol–water partition coefficient (Wildman–Crippen LogP) is 18.5. The lowest BCUT2D eigenvalue weighted by Crippen LogP contribution is -2.32. The highest BCUT2D eigenvalue weighted by Gasteiger charge is 2.20. The van der Waals surface area contributed by atoms with Gasteiger partial charge in [0.05, 0.1) is 0 Å².